The Balaban J connectivity index is 1.55. The zero-order valence-corrected chi connectivity index (χ0v) is 37.1. The summed E-state index contributed by atoms with van der Waals surface area (Å²) in [4.78, 5) is 77.0. The maximum atomic E-state index is 14.7. The molecule has 11 nitrogen and oxygen atoms in total. The van der Waals surface area contributed by atoms with Crippen molar-refractivity contribution >= 4 is 57.9 Å². The van der Waals surface area contributed by atoms with E-state index in [2.05, 4.69) is 62.7 Å². The molecule has 1 aliphatic carbocycles. The Labute approximate surface area is 365 Å². The SMILES string of the molecule is CCc1cc(C)c(CCC(=O)CCCCC(=O)O)c(CC)c1Nc1ccc(Nc2c(CC)cc(C)c(CNC(=O)CCCCC(=O)O)c2CC)c2c1C(=O)c1ccccc1C2=O. The minimum Gasteiger partial charge on any atom is -0.481 e. The number of carboxylic acids is 2. The Morgan fingerprint density at radius 1 is 0.548 bits per heavy atom. The summed E-state index contributed by atoms with van der Waals surface area (Å²) in [7, 11) is 0. The Kier molecular flexibility index (Phi) is 16.4. The highest BCUT2D eigenvalue weighted by Gasteiger charge is 2.35. The van der Waals surface area contributed by atoms with Gasteiger partial charge in [-0.05, 0) is 128 Å². The molecule has 0 spiro atoms. The van der Waals surface area contributed by atoms with Crippen molar-refractivity contribution in [1.82, 2.24) is 5.32 Å². The average Bonchev–Trinajstić information content (AvgIpc) is 3.25. The van der Waals surface area contributed by atoms with Gasteiger partial charge in [0.05, 0.1) is 22.5 Å². The minimum atomic E-state index is -0.880. The summed E-state index contributed by atoms with van der Waals surface area (Å²) in [5.74, 6) is -2.32. The molecule has 0 aliphatic heterocycles. The van der Waals surface area contributed by atoms with Crippen molar-refractivity contribution < 1.29 is 39.0 Å². The van der Waals surface area contributed by atoms with Crippen LogP contribution in [-0.4, -0.2) is 45.4 Å². The normalized spacial score (nSPS) is 11.8. The predicted octanol–water partition coefficient (Wildman–Crippen LogP) is 10.2. The van der Waals surface area contributed by atoms with Crippen molar-refractivity contribution in [2.45, 2.75) is 138 Å². The van der Waals surface area contributed by atoms with Gasteiger partial charge in [-0.15, -0.1) is 0 Å². The smallest absolute Gasteiger partial charge is 0.303 e. The monoisotopic (exact) mass is 843 g/mol. The highest BCUT2D eigenvalue weighted by atomic mass is 16.4. The predicted molar refractivity (Wildman–Crippen MR) is 244 cm³/mol. The van der Waals surface area contributed by atoms with Crippen molar-refractivity contribution in [2.24, 2.45) is 0 Å². The molecule has 62 heavy (non-hydrogen) atoms. The summed E-state index contributed by atoms with van der Waals surface area (Å²) in [5, 5.41) is 28.3. The van der Waals surface area contributed by atoms with Crippen LogP contribution in [0, 0.1) is 13.8 Å². The first-order valence-electron chi connectivity index (χ1n) is 22.1. The highest BCUT2D eigenvalue weighted by molar-refractivity contribution is 6.32. The van der Waals surface area contributed by atoms with E-state index in [4.69, 9.17) is 10.2 Å². The second kappa shape index (κ2) is 21.6. The van der Waals surface area contributed by atoms with Gasteiger partial charge in [0.25, 0.3) is 0 Å². The van der Waals surface area contributed by atoms with Gasteiger partial charge in [-0.1, -0.05) is 64.1 Å². The van der Waals surface area contributed by atoms with Crippen LogP contribution in [0.3, 0.4) is 0 Å². The largest absolute Gasteiger partial charge is 0.481 e. The first kappa shape index (κ1) is 47.0. The highest BCUT2D eigenvalue weighted by Crippen LogP contribution is 2.42. The van der Waals surface area contributed by atoms with Crippen LogP contribution < -0.4 is 16.0 Å². The number of aliphatic carboxylic acids is 2. The molecule has 5 N–H and O–H groups in total. The molecule has 5 rings (SSSR count). The van der Waals surface area contributed by atoms with Gasteiger partial charge in [0.1, 0.15) is 5.78 Å². The number of unbranched alkanes of at least 4 members (excludes halogenated alkanes) is 2. The zero-order chi connectivity index (χ0) is 45.1. The van der Waals surface area contributed by atoms with Crippen LogP contribution in [0.15, 0.2) is 48.5 Å². The molecular formula is C51H61N3O8. The van der Waals surface area contributed by atoms with E-state index >= 15 is 0 Å². The summed E-state index contributed by atoms with van der Waals surface area (Å²) < 4.78 is 0. The maximum absolute atomic E-state index is 14.7. The Morgan fingerprint density at radius 3 is 1.47 bits per heavy atom. The molecule has 0 aromatic heterocycles. The number of carbonyl (C=O) groups is 6. The van der Waals surface area contributed by atoms with Crippen LogP contribution in [0.25, 0.3) is 0 Å². The van der Waals surface area contributed by atoms with Crippen molar-refractivity contribution in [3.63, 3.8) is 0 Å². The third-order valence-corrected chi connectivity index (χ3v) is 12.0. The molecule has 0 saturated carbocycles. The van der Waals surface area contributed by atoms with E-state index in [1.807, 2.05) is 19.1 Å². The van der Waals surface area contributed by atoms with Crippen molar-refractivity contribution in [3.05, 3.63) is 115 Å². The molecule has 0 atom stereocenters. The molecule has 4 aromatic rings. The summed E-state index contributed by atoms with van der Waals surface area (Å²) >= 11 is 0. The van der Waals surface area contributed by atoms with Crippen molar-refractivity contribution in [3.8, 4) is 0 Å². The third-order valence-electron chi connectivity index (χ3n) is 12.0. The fourth-order valence-corrected chi connectivity index (χ4v) is 8.78. The molecule has 4 aromatic carbocycles. The van der Waals surface area contributed by atoms with Gasteiger partial charge < -0.3 is 26.2 Å². The molecule has 0 heterocycles. The summed E-state index contributed by atoms with van der Waals surface area (Å²) in [6.07, 6.45) is 6.13. The molecule has 0 unspecified atom stereocenters. The van der Waals surface area contributed by atoms with E-state index in [9.17, 15) is 28.8 Å². The van der Waals surface area contributed by atoms with Gasteiger partial charge in [0.15, 0.2) is 11.6 Å². The second-order valence-corrected chi connectivity index (χ2v) is 16.2. The van der Waals surface area contributed by atoms with Crippen LogP contribution in [0.4, 0.5) is 22.7 Å². The van der Waals surface area contributed by atoms with E-state index in [1.54, 1.807) is 24.3 Å². The number of hydrogen-bond donors (Lipinski definition) is 5. The van der Waals surface area contributed by atoms with Crippen molar-refractivity contribution in [2.75, 3.05) is 10.6 Å². The van der Waals surface area contributed by atoms with Crippen LogP contribution in [0.1, 0.15) is 162 Å². The van der Waals surface area contributed by atoms with Crippen LogP contribution in [0.2, 0.25) is 0 Å². The lowest BCUT2D eigenvalue weighted by Crippen LogP contribution is -2.25. The number of ketones is 3. The Hall–Kier alpha value is -6.10. The molecule has 0 fully saturated rings. The lowest BCUT2D eigenvalue weighted by Gasteiger charge is -2.27. The van der Waals surface area contributed by atoms with E-state index in [0.717, 1.165) is 55.9 Å². The molecule has 0 saturated heterocycles. The summed E-state index contributed by atoms with van der Waals surface area (Å²) in [6, 6.07) is 14.8. The topological polar surface area (TPSA) is 179 Å². The van der Waals surface area contributed by atoms with Crippen LogP contribution in [0.5, 0.6) is 0 Å². The number of rotatable bonds is 23. The van der Waals surface area contributed by atoms with E-state index in [-0.39, 0.29) is 60.2 Å². The summed E-state index contributed by atoms with van der Waals surface area (Å²) in [6.45, 7) is 12.6. The third kappa shape index (κ3) is 10.9. The fraction of sp³-hybridized carbons (Fsp3) is 0.412. The standard InChI is InChI=1S/C51H61N3O8/c1-7-32-27-30(5)37(24-23-34(55)17-11-15-21-44(57)58)35(9-3)48(32)53-41-25-26-42(47-46(41)50(61)38-18-12-13-19-39(38)51(47)62)54-49-33(8-2)28-31(6)40(36(49)10-4)29-52-43(56)20-14-16-22-45(59)60/h12-13,18-19,25-28,53-54H,7-11,14-17,20-24,29H2,1-6H3,(H,52,56)(H,57,58)(H,59,60). The number of aryl methyl sites for hydroxylation is 4. The van der Waals surface area contributed by atoms with Crippen molar-refractivity contribution in [1.29, 1.82) is 0 Å². The quantitative estimate of drug-likeness (QED) is 0.0397. The van der Waals surface area contributed by atoms with E-state index < -0.39 is 11.9 Å². The van der Waals surface area contributed by atoms with Gasteiger partial charge in [-0.25, -0.2) is 0 Å². The molecule has 0 radical (unpaired) electrons. The molecule has 1 aliphatic rings. The average molecular weight is 844 g/mol. The maximum Gasteiger partial charge on any atom is 0.303 e. The number of benzene rings is 4. The van der Waals surface area contributed by atoms with Gasteiger partial charge in [-0.3, -0.25) is 28.8 Å². The number of fused-ring (bicyclic) bond motifs is 2. The van der Waals surface area contributed by atoms with Crippen LogP contribution >= 0.6 is 0 Å². The lowest BCUT2D eigenvalue weighted by atomic mass is 9.81. The molecule has 1 amide bonds. The fourth-order valence-electron chi connectivity index (χ4n) is 8.78. The molecule has 0 bridgehead atoms. The first-order valence-corrected chi connectivity index (χ1v) is 22.1. The molecular weight excluding hydrogens is 783 g/mol. The Morgan fingerprint density at radius 2 is 1.00 bits per heavy atom. The van der Waals surface area contributed by atoms with E-state index in [1.165, 1.54) is 0 Å². The number of carbonyl (C=O) groups excluding carboxylic acids is 4. The first-order chi connectivity index (χ1) is 29.7. The number of Topliss-reactive ketones (excluding diaryl/α,β-unsaturated/α-hetero) is 1. The zero-order valence-electron chi connectivity index (χ0n) is 37.1. The molecule has 11 heteroatoms. The van der Waals surface area contributed by atoms with Gasteiger partial charge in [0.2, 0.25) is 5.91 Å². The number of anilines is 4. The number of carboxylic acid groups (broad SMARTS) is 2. The summed E-state index contributed by atoms with van der Waals surface area (Å²) in [5.41, 5.74) is 12.2. The van der Waals surface area contributed by atoms with Crippen LogP contribution in [-0.2, 0) is 57.8 Å². The lowest BCUT2D eigenvalue weighted by molar-refractivity contribution is -0.138. The Bertz CT molecular complexity index is 2220. The van der Waals surface area contributed by atoms with Gasteiger partial charge >= 0.3 is 11.9 Å². The number of amides is 1. The molecule has 328 valence electrons. The van der Waals surface area contributed by atoms with Gasteiger partial charge in [-0.2, -0.15) is 0 Å². The second-order valence-electron chi connectivity index (χ2n) is 16.2. The number of nitrogens with one attached hydrogen (secondary N) is 3. The van der Waals surface area contributed by atoms with Gasteiger partial charge in [0, 0.05) is 61.2 Å². The minimum absolute atomic E-state index is 0.0246. The number of hydrogen-bond acceptors (Lipinski definition) is 8. The van der Waals surface area contributed by atoms with E-state index in [0.29, 0.717) is 93.1 Å².